The van der Waals surface area contributed by atoms with E-state index in [-0.39, 0.29) is 46.0 Å². The molecule has 9 heteroatoms. The van der Waals surface area contributed by atoms with E-state index in [1.54, 1.807) is 12.1 Å². The largest absolute Gasteiger partial charge is 0.468 e. The average molecular weight is 585 g/mol. The number of benzene rings is 1. The highest BCUT2D eigenvalue weighted by Gasteiger charge is 2.48. The number of halogens is 1. The zero-order chi connectivity index (χ0) is 30.4. The zero-order valence-corrected chi connectivity index (χ0v) is 26.8. The molecule has 1 saturated carbocycles. The monoisotopic (exact) mass is 584 g/mol. The first-order valence-corrected chi connectivity index (χ1v) is 14.7. The molecule has 0 radical (unpaired) electrons. The first-order valence-electron chi connectivity index (χ1n) is 14.4. The molecule has 0 bridgehead atoms. The van der Waals surface area contributed by atoms with E-state index in [1.165, 1.54) is 11.5 Å². The second-order valence-corrected chi connectivity index (χ2v) is 14.5. The molecule has 2 aromatic heterocycles. The standard InChI is InChI=1S/C32H45ClN4O4/c1-18-15-21(31(2,3)4)26(22(16-18)32(5,6)7)41-28(38)25-24(19-11-13-20(33)14-12-19)23(17-36(8)9)37-27(25)34-29(40-10)35-30(37)39/h11-14,18,21-22,26H,15-17H2,1-10H3,(H,34,35,39). The lowest BCUT2D eigenvalue weighted by molar-refractivity contribution is -0.0922. The van der Waals surface area contributed by atoms with Crippen LogP contribution in [-0.2, 0) is 11.3 Å². The zero-order valence-electron chi connectivity index (χ0n) is 26.1. The van der Waals surface area contributed by atoms with Gasteiger partial charge in [0.15, 0.2) is 5.65 Å². The number of aromatic nitrogens is 3. The van der Waals surface area contributed by atoms with Crippen LogP contribution < -0.4 is 10.4 Å². The highest BCUT2D eigenvalue weighted by atomic mass is 35.5. The van der Waals surface area contributed by atoms with Crippen LogP contribution in [0.4, 0.5) is 0 Å². The summed E-state index contributed by atoms with van der Waals surface area (Å²) in [7, 11) is 5.26. The van der Waals surface area contributed by atoms with Gasteiger partial charge in [-0.25, -0.2) is 14.0 Å². The number of carbonyl (C=O) groups excluding carboxylic acids is 1. The van der Waals surface area contributed by atoms with E-state index in [9.17, 15) is 9.59 Å². The van der Waals surface area contributed by atoms with Crippen molar-refractivity contribution in [2.45, 2.75) is 74.0 Å². The molecular weight excluding hydrogens is 540 g/mol. The molecular formula is C32H45ClN4O4. The van der Waals surface area contributed by atoms with E-state index in [0.29, 0.717) is 28.7 Å². The van der Waals surface area contributed by atoms with Crippen LogP contribution in [0, 0.1) is 28.6 Å². The van der Waals surface area contributed by atoms with Gasteiger partial charge in [-0.05, 0) is 61.4 Å². The van der Waals surface area contributed by atoms with Gasteiger partial charge in [-0.2, -0.15) is 4.98 Å². The van der Waals surface area contributed by atoms with Crippen molar-refractivity contribution in [3.05, 3.63) is 51.0 Å². The summed E-state index contributed by atoms with van der Waals surface area (Å²) in [6.07, 6.45) is 1.66. The molecule has 2 heterocycles. The van der Waals surface area contributed by atoms with Gasteiger partial charge in [-0.15, -0.1) is 0 Å². The lowest BCUT2D eigenvalue weighted by Gasteiger charge is -2.50. The van der Waals surface area contributed by atoms with Crippen molar-refractivity contribution < 1.29 is 14.3 Å². The third kappa shape index (κ3) is 6.33. The number of nitrogens with one attached hydrogen (secondary N) is 1. The number of nitrogens with zero attached hydrogens (tertiary/aromatic N) is 3. The van der Waals surface area contributed by atoms with E-state index in [1.807, 2.05) is 31.1 Å². The summed E-state index contributed by atoms with van der Waals surface area (Å²) in [6.45, 7) is 16.0. The lowest BCUT2D eigenvalue weighted by Crippen LogP contribution is -2.49. The molecule has 2 atom stereocenters. The Morgan fingerprint density at radius 1 is 1.07 bits per heavy atom. The summed E-state index contributed by atoms with van der Waals surface area (Å²) in [5, 5.41) is 0.575. The molecule has 1 aliphatic carbocycles. The normalized spacial score (nSPS) is 21.9. The molecule has 224 valence electrons. The number of rotatable bonds is 6. The molecule has 1 aliphatic rings. The van der Waals surface area contributed by atoms with Gasteiger partial charge >= 0.3 is 11.7 Å². The second kappa shape index (κ2) is 11.4. The summed E-state index contributed by atoms with van der Waals surface area (Å²) < 4.78 is 13.4. The highest BCUT2D eigenvalue weighted by molar-refractivity contribution is 6.30. The fourth-order valence-corrected chi connectivity index (χ4v) is 6.55. The molecule has 3 aromatic rings. The molecule has 8 nitrogen and oxygen atoms in total. The van der Waals surface area contributed by atoms with Gasteiger partial charge in [0.2, 0.25) is 0 Å². The van der Waals surface area contributed by atoms with Crippen LogP contribution in [0.5, 0.6) is 6.01 Å². The topological polar surface area (TPSA) is 88.9 Å². The van der Waals surface area contributed by atoms with Crippen LogP contribution in [0.3, 0.4) is 0 Å². The molecule has 0 saturated heterocycles. The Morgan fingerprint density at radius 2 is 1.63 bits per heavy atom. The lowest BCUT2D eigenvalue weighted by atomic mass is 9.59. The molecule has 4 rings (SSSR count). The summed E-state index contributed by atoms with van der Waals surface area (Å²) >= 11 is 6.24. The van der Waals surface area contributed by atoms with Gasteiger partial charge in [0.1, 0.15) is 11.7 Å². The highest BCUT2D eigenvalue weighted by Crippen LogP contribution is 2.50. The minimum Gasteiger partial charge on any atom is -0.468 e. The summed E-state index contributed by atoms with van der Waals surface area (Å²) in [4.78, 5) is 37.2. The molecule has 41 heavy (non-hydrogen) atoms. The molecule has 0 amide bonds. The van der Waals surface area contributed by atoms with Crippen LogP contribution in [0.1, 0.15) is 77.4 Å². The van der Waals surface area contributed by atoms with Gasteiger partial charge in [-0.1, -0.05) is 72.2 Å². The maximum Gasteiger partial charge on any atom is 0.342 e. The molecule has 0 spiro atoms. The van der Waals surface area contributed by atoms with Gasteiger partial charge in [0.05, 0.1) is 12.8 Å². The van der Waals surface area contributed by atoms with Crippen LogP contribution >= 0.6 is 11.6 Å². The average Bonchev–Trinajstić information content (AvgIpc) is 3.17. The van der Waals surface area contributed by atoms with Gasteiger partial charge in [0.25, 0.3) is 6.01 Å². The summed E-state index contributed by atoms with van der Waals surface area (Å²) in [5.41, 5.74) is 1.87. The number of hydrogen-bond donors (Lipinski definition) is 1. The fraction of sp³-hybridized carbons (Fsp3) is 0.594. The summed E-state index contributed by atoms with van der Waals surface area (Å²) in [6, 6.07) is 7.30. The first-order chi connectivity index (χ1) is 19.0. The molecule has 1 N–H and O–H groups in total. The predicted molar refractivity (Wildman–Crippen MR) is 164 cm³/mol. The van der Waals surface area contributed by atoms with Crippen molar-refractivity contribution in [1.29, 1.82) is 0 Å². The molecule has 0 aliphatic heterocycles. The Morgan fingerprint density at radius 3 is 2.12 bits per heavy atom. The smallest absolute Gasteiger partial charge is 0.342 e. The Bertz CT molecular complexity index is 1440. The Kier molecular flexibility index (Phi) is 8.68. The number of hydrogen-bond acceptors (Lipinski definition) is 6. The van der Waals surface area contributed by atoms with Gasteiger partial charge in [-0.3, -0.25) is 4.98 Å². The van der Waals surface area contributed by atoms with E-state index in [0.717, 1.165) is 18.4 Å². The quantitative estimate of drug-likeness (QED) is 0.325. The number of H-pyrrole nitrogens is 1. The minimum absolute atomic E-state index is 0.0275. The second-order valence-electron chi connectivity index (χ2n) is 14.0. The number of carbonyl (C=O) groups is 1. The fourth-order valence-electron chi connectivity index (χ4n) is 6.42. The third-order valence-electron chi connectivity index (χ3n) is 8.44. The third-order valence-corrected chi connectivity index (χ3v) is 8.69. The minimum atomic E-state index is -0.485. The molecule has 1 fully saturated rings. The van der Waals surface area contributed by atoms with Crippen molar-refractivity contribution >= 4 is 23.2 Å². The van der Waals surface area contributed by atoms with Crippen molar-refractivity contribution in [2.75, 3.05) is 21.2 Å². The number of methoxy groups -OCH3 is 1. The Hall–Kier alpha value is -2.84. The van der Waals surface area contributed by atoms with Crippen LogP contribution in [0.15, 0.2) is 29.1 Å². The number of aromatic amines is 1. The first kappa shape index (κ1) is 31.1. The number of fused-ring (bicyclic) bond motifs is 1. The van der Waals surface area contributed by atoms with E-state index in [2.05, 4.69) is 58.4 Å². The SMILES string of the molecule is COc1nc2c(C(=O)OC3C(C(C)(C)C)CC(C)CC3C(C)(C)C)c(-c3ccc(Cl)cc3)c(CN(C)C)n2c(=O)[nH]1. The van der Waals surface area contributed by atoms with Crippen molar-refractivity contribution in [3.63, 3.8) is 0 Å². The van der Waals surface area contributed by atoms with E-state index in [4.69, 9.17) is 21.1 Å². The van der Waals surface area contributed by atoms with Gasteiger partial charge < -0.3 is 14.4 Å². The van der Waals surface area contributed by atoms with Crippen molar-refractivity contribution in [1.82, 2.24) is 19.3 Å². The van der Waals surface area contributed by atoms with Gasteiger partial charge in [0, 0.05) is 29.0 Å². The Balaban J connectivity index is 1.99. The number of esters is 1. The Labute approximate surface area is 248 Å². The van der Waals surface area contributed by atoms with Crippen LogP contribution in [0.2, 0.25) is 5.02 Å². The summed E-state index contributed by atoms with van der Waals surface area (Å²) in [5.74, 6) is 0.369. The van der Waals surface area contributed by atoms with Crippen molar-refractivity contribution in [3.8, 4) is 17.1 Å². The molecule has 1 aromatic carbocycles. The van der Waals surface area contributed by atoms with Crippen LogP contribution in [-0.4, -0.2) is 52.5 Å². The number of ether oxygens (including phenoxy) is 2. The van der Waals surface area contributed by atoms with E-state index >= 15 is 0 Å². The molecule has 2 unspecified atom stereocenters. The predicted octanol–water partition coefficient (Wildman–Crippen LogP) is 6.69. The van der Waals surface area contributed by atoms with Crippen molar-refractivity contribution in [2.24, 2.45) is 28.6 Å². The van der Waals surface area contributed by atoms with Crippen LogP contribution in [0.25, 0.3) is 16.8 Å². The van der Waals surface area contributed by atoms with E-state index < -0.39 is 11.7 Å². The maximum absolute atomic E-state index is 14.6. The maximum atomic E-state index is 14.6.